The Morgan fingerprint density at radius 2 is 1.97 bits per heavy atom. The number of anilines is 1. The molecule has 3 rings (SSSR count). The van der Waals surface area contributed by atoms with E-state index in [1.165, 1.54) is 11.6 Å². The highest BCUT2D eigenvalue weighted by molar-refractivity contribution is 5.91. The summed E-state index contributed by atoms with van der Waals surface area (Å²) in [5, 5.41) is 12.3. The number of likely N-dealkylation sites (tertiary alicyclic amines) is 1. The number of carbonyl (C=O) groups is 1. The predicted octanol–water partition coefficient (Wildman–Crippen LogP) is 4.05. The van der Waals surface area contributed by atoms with Crippen LogP contribution in [0.1, 0.15) is 30.4 Å². The van der Waals surface area contributed by atoms with Crippen molar-refractivity contribution in [3.8, 4) is 0 Å². The fourth-order valence-electron chi connectivity index (χ4n) is 3.50. The Kier molecular flexibility index (Phi) is 8.18. The average molecular weight is 407 g/mol. The van der Waals surface area contributed by atoms with Crippen LogP contribution < -0.4 is 10.8 Å². The standard InChI is InChI=1S/C24H30N4O2/c1-28-16-13-21(14-17-28)26-22-11-9-20(10-12-24(29)27-30)18-23(22)25-15-5-8-19-6-3-2-4-7-19/h2-4,6-7,9-12,15,18,21,26,30H,5,8,13-14,16-17H2,1H3,(H,27,29)/b12-10+,25-15+. The summed E-state index contributed by atoms with van der Waals surface area (Å²) in [6, 6.07) is 16.7. The maximum Gasteiger partial charge on any atom is 0.267 e. The summed E-state index contributed by atoms with van der Waals surface area (Å²) in [7, 11) is 2.16. The largest absolute Gasteiger partial charge is 0.380 e. The monoisotopic (exact) mass is 406 g/mol. The topological polar surface area (TPSA) is 77.0 Å². The smallest absolute Gasteiger partial charge is 0.267 e. The Bertz CT molecular complexity index is 872. The molecule has 2 aromatic carbocycles. The van der Waals surface area contributed by atoms with Gasteiger partial charge in [-0.15, -0.1) is 0 Å². The van der Waals surface area contributed by atoms with Crippen molar-refractivity contribution >= 4 is 29.6 Å². The first-order valence-electron chi connectivity index (χ1n) is 10.4. The van der Waals surface area contributed by atoms with Crippen LogP contribution in [0, 0.1) is 0 Å². The summed E-state index contributed by atoms with van der Waals surface area (Å²) >= 11 is 0. The Balaban J connectivity index is 1.72. The van der Waals surface area contributed by atoms with E-state index in [9.17, 15) is 4.79 Å². The highest BCUT2D eigenvalue weighted by atomic mass is 16.5. The number of piperidine rings is 1. The average Bonchev–Trinajstić information content (AvgIpc) is 2.78. The molecule has 0 aromatic heterocycles. The van der Waals surface area contributed by atoms with E-state index in [2.05, 4.69) is 41.5 Å². The molecular weight excluding hydrogens is 376 g/mol. The van der Waals surface area contributed by atoms with Gasteiger partial charge in [-0.2, -0.15) is 0 Å². The molecular formula is C24H30N4O2. The predicted molar refractivity (Wildman–Crippen MR) is 122 cm³/mol. The van der Waals surface area contributed by atoms with Crippen LogP contribution in [0.25, 0.3) is 6.08 Å². The molecule has 1 amide bonds. The van der Waals surface area contributed by atoms with Crippen LogP contribution in [0.2, 0.25) is 0 Å². The Morgan fingerprint density at radius 1 is 1.20 bits per heavy atom. The van der Waals surface area contributed by atoms with Crippen LogP contribution in [0.15, 0.2) is 59.6 Å². The van der Waals surface area contributed by atoms with Gasteiger partial charge < -0.3 is 10.2 Å². The van der Waals surface area contributed by atoms with Gasteiger partial charge in [-0.05, 0) is 75.2 Å². The molecule has 1 aliphatic heterocycles. The fourth-order valence-corrected chi connectivity index (χ4v) is 3.50. The minimum Gasteiger partial charge on any atom is -0.380 e. The third-order valence-corrected chi connectivity index (χ3v) is 5.27. The quantitative estimate of drug-likeness (QED) is 0.268. The second-order valence-corrected chi connectivity index (χ2v) is 7.64. The number of amides is 1. The first kappa shape index (κ1) is 21.7. The van der Waals surface area contributed by atoms with Crippen molar-refractivity contribution in [2.24, 2.45) is 4.99 Å². The summed E-state index contributed by atoms with van der Waals surface area (Å²) in [4.78, 5) is 18.4. The lowest BCUT2D eigenvalue weighted by molar-refractivity contribution is -0.124. The van der Waals surface area contributed by atoms with Crippen molar-refractivity contribution in [3.05, 3.63) is 65.7 Å². The second kappa shape index (κ2) is 11.3. The van der Waals surface area contributed by atoms with E-state index < -0.39 is 5.91 Å². The molecule has 0 saturated carbocycles. The number of aryl methyl sites for hydroxylation is 1. The van der Waals surface area contributed by atoms with E-state index in [0.29, 0.717) is 6.04 Å². The Labute approximate surface area is 178 Å². The van der Waals surface area contributed by atoms with Crippen molar-refractivity contribution in [1.82, 2.24) is 10.4 Å². The van der Waals surface area contributed by atoms with Gasteiger partial charge in [-0.1, -0.05) is 36.4 Å². The lowest BCUT2D eigenvalue weighted by Gasteiger charge is -2.30. The van der Waals surface area contributed by atoms with Gasteiger partial charge >= 0.3 is 0 Å². The molecule has 6 heteroatoms. The highest BCUT2D eigenvalue weighted by Crippen LogP contribution is 2.29. The maximum absolute atomic E-state index is 11.3. The molecule has 1 heterocycles. The molecule has 0 bridgehead atoms. The zero-order valence-electron chi connectivity index (χ0n) is 17.4. The number of nitrogens with one attached hydrogen (secondary N) is 2. The lowest BCUT2D eigenvalue weighted by atomic mass is 10.0. The molecule has 0 radical (unpaired) electrons. The third kappa shape index (κ3) is 6.83. The van der Waals surface area contributed by atoms with Crippen LogP contribution in [0.4, 0.5) is 11.4 Å². The van der Waals surface area contributed by atoms with E-state index in [1.807, 2.05) is 30.5 Å². The Morgan fingerprint density at radius 3 is 2.70 bits per heavy atom. The molecule has 0 atom stereocenters. The van der Waals surface area contributed by atoms with Gasteiger partial charge in [-0.3, -0.25) is 15.0 Å². The summed E-state index contributed by atoms with van der Waals surface area (Å²) < 4.78 is 0. The van der Waals surface area contributed by atoms with Crippen molar-refractivity contribution in [3.63, 3.8) is 0 Å². The van der Waals surface area contributed by atoms with Crippen LogP contribution in [0.5, 0.6) is 0 Å². The van der Waals surface area contributed by atoms with Crippen molar-refractivity contribution in [2.45, 2.75) is 31.7 Å². The molecule has 158 valence electrons. The summed E-state index contributed by atoms with van der Waals surface area (Å²) in [6.07, 6.45) is 8.91. The molecule has 0 unspecified atom stereocenters. The number of hydroxylamine groups is 1. The van der Waals surface area contributed by atoms with E-state index in [1.54, 1.807) is 11.6 Å². The third-order valence-electron chi connectivity index (χ3n) is 5.27. The molecule has 1 aliphatic rings. The molecule has 0 spiro atoms. The molecule has 1 saturated heterocycles. The molecule has 1 fully saturated rings. The van der Waals surface area contributed by atoms with Crippen LogP contribution in [-0.2, 0) is 11.2 Å². The number of nitrogens with zero attached hydrogens (tertiary/aromatic N) is 2. The first-order chi connectivity index (χ1) is 14.6. The number of hydrogen-bond acceptors (Lipinski definition) is 5. The molecule has 30 heavy (non-hydrogen) atoms. The number of benzene rings is 2. The van der Waals surface area contributed by atoms with Crippen molar-refractivity contribution < 1.29 is 10.0 Å². The number of carbonyl (C=O) groups excluding carboxylic acids is 1. The Hall–Kier alpha value is -2.96. The number of aliphatic imine (C=N–C) groups is 1. The summed E-state index contributed by atoms with van der Waals surface area (Å²) in [5.74, 6) is -0.559. The molecule has 6 nitrogen and oxygen atoms in total. The van der Waals surface area contributed by atoms with Crippen LogP contribution in [0.3, 0.4) is 0 Å². The normalized spacial score (nSPS) is 15.7. The van der Waals surface area contributed by atoms with Gasteiger partial charge in [-0.25, -0.2) is 5.48 Å². The van der Waals surface area contributed by atoms with Crippen molar-refractivity contribution in [1.29, 1.82) is 0 Å². The van der Waals surface area contributed by atoms with E-state index in [4.69, 9.17) is 10.2 Å². The van der Waals surface area contributed by atoms with Crippen LogP contribution in [-0.4, -0.2) is 48.4 Å². The van der Waals surface area contributed by atoms with Crippen LogP contribution >= 0.6 is 0 Å². The minimum atomic E-state index is -0.559. The zero-order valence-corrected chi connectivity index (χ0v) is 17.4. The number of hydrogen-bond donors (Lipinski definition) is 3. The van der Waals surface area contributed by atoms with Gasteiger partial charge in [0.15, 0.2) is 0 Å². The maximum atomic E-state index is 11.3. The van der Waals surface area contributed by atoms with E-state index >= 15 is 0 Å². The second-order valence-electron chi connectivity index (χ2n) is 7.64. The first-order valence-corrected chi connectivity index (χ1v) is 10.4. The molecule has 3 N–H and O–H groups in total. The van der Waals surface area contributed by atoms with Gasteiger partial charge in [0.1, 0.15) is 0 Å². The summed E-state index contributed by atoms with van der Waals surface area (Å²) in [6.45, 7) is 2.18. The molecule has 2 aromatic rings. The lowest BCUT2D eigenvalue weighted by Crippen LogP contribution is -2.36. The molecule has 0 aliphatic carbocycles. The zero-order chi connectivity index (χ0) is 21.2. The fraction of sp³-hybridized carbons (Fsp3) is 0.333. The van der Waals surface area contributed by atoms with Gasteiger partial charge in [0.05, 0.1) is 11.4 Å². The SMILES string of the molecule is CN1CCC(Nc2ccc(/C=C/C(=O)NO)cc2/N=C/CCc2ccccc2)CC1. The van der Waals surface area contributed by atoms with Gasteiger partial charge in [0.2, 0.25) is 0 Å². The minimum absolute atomic E-state index is 0.432. The summed E-state index contributed by atoms with van der Waals surface area (Å²) in [5.41, 5.74) is 5.61. The van der Waals surface area contributed by atoms with Crippen molar-refractivity contribution in [2.75, 3.05) is 25.5 Å². The highest BCUT2D eigenvalue weighted by Gasteiger charge is 2.17. The number of rotatable bonds is 8. The van der Waals surface area contributed by atoms with Gasteiger partial charge in [0.25, 0.3) is 5.91 Å². The van der Waals surface area contributed by atoms with Gasteiger partial charge in [0, 0.05) is 18.3 Å². The van der Waals surface area contributed by atoms with E-state index in [0.717, 1.165) is 55.7 Å². The van der Waals surface area contributed by atoms with E-state index in [-0.39, 0.29) is 0 Å².